The summed E-state index contributed by atoms with van der Waals surface area (Å²) < 4.78 is 19.0. The molecule has 1 saturated heterocycles. The zero-order valence-electron chi connectivity index (χ0n) is 18.0. The largest absolute Gasteiger partial charge is 0.487 e. The highest BCUT2D eigenvalue weighted by Gasteiger charge is 2.36. The molecular weight excluding hydrogens is 811 g/mol. The molecule has 3 aromatic rings. The molecular formula is C24H16I3NO6S. The molecule has 1 aliphatic rings. The zero-order valence-corrected chi connectivity index (χ0v) is 25.3. The predicted molar refractivity (Wildman–Crippen MR) is 157 cm³/mol. The second-order valence-electron chi connectivity index (χ2n) is 7.25. The fourth-order valence-electron chi connectivity index (χ4n) is 3.15. The zero-order chi connectivity index (χ0) is 25.1. The van der Waals surface area contributed by atoms with Crippen molar-refractivity contribution in [3.05, 3.63) is 86.8 Å². The van der Waals surface area contributed by atoms with Crippen LogP contribution in [0.2, 0.25) is 0 Å². The highest BCUT2D eigenvalue weighted by atomic mass is 127. The van der Waals surface area contributed by atoms with E-state index in [-0.39, 0.29) is 12.3 Å². The molecule has 2 heterocycles. The van der Waals surface area contributed by atoms with E-state index < -0.39 is 17.1 Å². The van der Waals surface area contributed by atoms with Gasteiger partial charge in [0, 0.05) is 3.57 Å². The number of thioether (sulfide) groups is 1. The predicted octanol–water partition coefficient (Wildman–Crippen LogP) is 6.70. The Bertz CT molecular complexity index is 1310. The highest BCUT2D eigenvalue weighted by Crippen LogP contribution is 2.36. The maximum absolute atomic E-state index is 12.9. The minimum Gasteiger partial charge on any atom is -0.487 e. The lowest BCUT2D eigenvalue weighted by Gasteiger charge is -2.12. The van der Waals surface area contributed by atoms with Crippen LogP contribution in [-0.4, -0.2) is 29.1 Å². The maximum Gasteiger partial charge on any atom is 0.373 e. The molecule has 1 aromatic heterocycles. The Balaban J connectivity index is 1.47. The Morgan fingerprint density at radius 2 is 1.74 bits per heavy atom. The van der Waals surface area contributed by atoms with Crippen LogP contribution in [0.4, 0.5) is 4.79 Å². The second-order valence-corrected chi connectivity index (χ2v) is 11.8. The molecule has 0 radical (unpaired) electrons. The second kappa shape index (κ2) is 11.6. The number of methoxy groups -OCH3 is 1. The van der Waals surface area contributed by atoms with E-state index in [1.807, 2.05) is 36.4 Å². The van der Waals surface area contributed by atoms with Gasteiger partial charge >= 0.3 is 5.97 Å². The lowest BCUT2D eigenvalue weighted by atomic mass is 10.2. The minimum absolute atomic E-state index is 0.0125. The van der Waals surface area contributed by atoms with Crippen molar-refractivity contribution in [3.63, 3.8) is 0 Å². The molecule has 1 fully saturated rings. The molecule has 0 atom stereocenters. The van der Waals surface area contributed by atoms with Gasteiger partial charge in [-0.2, -0.15) is 0 Å². The molecule has 11 heteroatoms. The molecule has 0 unspecified atom stereocenters. The number of esters is 1. The van der Waals surface area contributed by atoms with Crippen LogP contribution in [0.5, 0.6) is 5.75 Å². The molecule has 35 heavy (non-hydrogen) atoms. The number of imide groups is 1. The molecule has 180 valence electrons. The van der Waals surface area contributed by atoms with Crippen LogP contribution in [0.15, 0.2) is 57.9 Å². The van der Waals surface area contributed by atoms with Gasteiger partial charge in [-0.25, -0.2) is 4.79 Å². The van der Waals surface area contributed by atoms with E-state index in [0.29, 0.717) is 17.3 Å². The van der Waals surface area contributed by atoms with Crippen molar-refractivity contribution in [1.82, 2.24) is 4.90 Å². The minimum atomic E-state index is -0.625. The van der Waals surface area contributed by atoms with Crippen molar-refractivity contribution >= 4 is 103 Å². The SMILES string of the molecule is COC(=O)c1ccc(CN2C(=O)S/C(=C/c3cc(I)c(OCc4ccc(I)cc4)c(I)c3)C2=O)o1. The number of carbonyl (C=O) groups excluding carboxylic acids is 3. The van der Waals surface area contributed by atoms with Gasteiger partial charge in [-0.3, -0.25) is 14.5 Å². The van der Waals surface area contributed by atoms with Crippen molar-refractivity contribution in [1.29, 1.82) is 0 Å². The lowest BCUT2D eigenvalue weighted by Crippen LogP contribution is -2.27. The first-order valence-electron chi connectivity index (χ1n) is 10.0. The van der Waals surface area contributed by atoms with E-state index in [0.717, 1.165) is 40.7 Å². The number of hydrogen-bond acceptors (Lipinski definition) is 7. The Morgan fingerprint density at radius 3 is 2.40 bits per heavy atom. The number of benzene rings is 2. The van der Waals surface area contributed by atoms with Crippen molar-refractivity contribution < 1.29 is 28.3 Å². The Labute approximate surface area is 246 Å². The number of amides is 2. The topological polar surface area (TPSA) is 86.0 Å². The number of rotatable bonds is 7. The van der Waals surface area contributed by atoms with Crippen molar-refractivity contribution in [2.75, 3.05) is 7.11 Å². The summed E-state index contributed by atoms with van der Waals surface area (Å²) in [6.07, 6.45) is 1.69. The van der Waals surface area contributed by atoms with Gasteiger partial charge in [0.25, 0.3) is 11.1 Å². The van der Waals surface area contributed by atoms with Gasteiger partial charge in [-0.1, -0.05) is 12.1 Å². The standard InChI is InChI=1S/C24H16I3NO6S/c1-32-23(30)19-7-6-16(34-19)11-28-22(29)20(35-24(28)31)10-14-8-17(26)21(18(27)9-14)33-12-13-2-4-15(25)5-3-13/h2-10H,11-12H2,1H3/b20-10+. The smallest absolute Gasteiger partial charge is 0.373 e. The Morgan fingerprint density at radius 1 is 1.06 bits per heavy atom. The molecule has 0 N–H and O–H groups in total. The summed E-state index contributed by atoms with van der Waals surface area (Å²) in [5, 5.41) is -0.404. The molecule has 1 aliphatic heterocycles. The average Bonchev–Trinajstić information content (AvgIpc) is 3.39. The first-order valence-corrected chi connectivity index (χ1v) is 14.1. The van der Waals surface area contributed by atoms with Crippen molar-refractivity contribution in [3.8, 4) is 5.75 Å². The first kappa shape index (κ1) is 26.5. The summed E-state index contributed by atoms with van der Waals surface area (Å²) in [6, 6.07) is 15.0. The number of carbonyl (C=O) groups is 3. The molecule has 0 saturated carbocycles. The third-order valence-electron chi connectivity index (χ3n) is 4.85. The summed E-state index contributed by atoms with van der Waals surface area (Å²) >= 11 is 7.54. The van der Waals surface area contributed by atoms with Gasteiger partial charge < -0.3 is 13.9 Å². The molecule has 4 rings (SSSR count). The maximum atomic E-state index is 12.9. The quantitative estimate of drug-likeness (QED) is 0.149. The van der Waals surface area contributed by atoms with E-state index in [1.165, 1.54) is 16.7 Å². The van der Waals surface area contributed by atoms with Gasteiger partial charge in [0.2, 0.25) is 5.76 Å². The first-order chi connectivity index (χ1) is 16.7. The number of furan rings is 1. The number of ether oxygens (including phenoxy) is 2. The summed E-state index contributed by atoms with van der Waals surface area (Å²) in [5.74, 6) is 0.0564. The van der Waals surface area contributed by atoms with E-state index in [9.17, 15) is 14.4 Å². The summed E-state index contributed by atoms with van der Waals surface area (Å²) in [5.41, 5.74) is 1.86. The fraction of sp³-hybridized carbons (Fsp3) is 0.125. The van der Waals surface area contributed by atoms with Crippen LogP contribution in [0.1, 0.15) is 27.4 Å². The van der Waals surface area contributed by atoms with Crippen LogP contribution in [0.25, 0.3) is 6.08 Å². The normalized spacial score (nSPS) is 14.6. The van der Waals surface area contributed by atoms with Gasteiger partial charge in [0.05, 0.1) is 25.7 Å². The monoisotopic (exact) mass is 827 g/mol. The third-order valence-corrected chi connectivity index (χ3v) is 8.08. The van der Waals surface area contributed by atoms with Gasteiger partial charge in [-0.15, -0.1) is 0 Å². The van der Waals surface area contributed by atoms with Gasteiger partial charge in [0.15, 0.2) is 0 Å². The third kappa shape index (κ3) is 6.40. The molecule has 0 spiro atoms. The number of hydrogen-bond donors (Lipinski definition) is 0. The van der Waals surface area contributed by atoms with Crippen LogP contribution < -0.4 is 4.74 Å². The molecule has 2 aromatic carbocycles. The summed E-state index contributed by atoms with van der Waals surface area (Å²) in [4.78, 5) is 38.3. The number of nitrogens with zero attached hydrogens (tertiary/aromatic N) is 1. The summed E-state index contributed by atoms with van der Waals surface area (Å²) in [6.45, 7) is 0.380. The highest BCUT2D eigenvalue weighted by molar-refractivity contribution is 14.1. The van der Waals surface area contributed by atoms with Crippen molar-refractivity contribution in [2.45, 2.75) is 13.2 Å². The van der Waals surface area contributed by atoms with Crippen LogP contribution in [-0.2, 0) is 22.7 Å². The van der Waals surface area contributed by atoms with Crippen LogP contribution in [0, 0.1) is 10.7 Å². The van der Waals surface area contributed by atoms with E-state index >= 15 is 0 Å². The van der Waals surface area contributed by atoms with Gasteiger partial charge in [-0.05, 0) is 133 Å². The Hall–Kier alpha value is -1.59. The molecule has 2 amide bonds. The van der Waals surface area contributed by atoms with Crippen molar-refractivity contribution in [2.24, 2.45) is 0 Å². The lowest BCUT2D eigenvalue weighted by molar-refractivity contribution is -0.123. The van der Waals surface area contributed by atoms with Crippen LogP contribution >= 0.6 is 79.5 Å². The number of halogens is 3. The molecule has 0 bridgehead atoms. The average molecular weight is 827 g/mol. The van der Waals surface area contributed by atoms with E-state index in [1.54, 1.807) is 12.1 Å². The van der Waals surface area contributed by atoms with E-state index in [4.69, 9.17) is 9.15 Å². The fourth-order valence-corrected chi connectivity index (χ4v) is 6.48. The molecule has 7 nitrogen and oxygen atoms in total. The van der Waals surface area contributed by atoms with Gasteiger partial charge in [0.1, 0.15) is 18.1 Å². The van der Waals surface area contributed by atoms with Crippen LogP contribution in [0.3, 0.4) is 0 Å². The Kier molecular flexibility index (Phi) is 8.80. The summed E-state index contributed by atoms with van der Waals surface area (Å²) in [7, 11) is 1.25. The van der Waals surface area contributed by atoms with E-state index in [2.05, 4.69) is 72.5 Å². The molecule has 0 aliphatic carbocycles.